The molecule has 17 heavy (non-hydrogen) atoms. The van der Waals surface area contributed by atoms with Crippen LogP contribution in [0.4, 0.5) is 0 Å². The maximum absolute atomic E-state index is 10.1. The summed E-state index contributed by atoms with van der Waals surface area (Å²) in [5.41, 5.74) is 4.36. The smallest absolute Gasteiger partial charge is 0.126 e. The molecular formula is C15H16O2. The Balaban J connectivity index is 2.77. The monoisotopic (exact) mass is 228 g/mol. The highest BCUT2D eigenvalue weighted by atomic mass is 16.3. The van der Waals surface area contributed by atoms with Gasteiger partial charge in [-0.05, 0) is 49.1 Å². The van der Waals surface area contributed by atoms with Gasteiger partial charge in [0.1, 0.15) is 11.5 Å². The molecule has 2 N–H and O–H groups in total. The molecular weight excluding hydrogens is 212 g/mol. The third-order valence-corrected chi connectivity index (χ3v) is 3.15. The van der Waals surface area contributed by atoms with Crippen molar-refractivity contribution >= 4 is 0 Å². The first kappa shape index (κ1) is 11.5. The third-order valence-electron chi connectivity index (χ3n) is 3.15. The van der Waals surface area contributed by atoms with E-state index in [1.807, 2.05) is 45.0 Å². The average Bonchev–Trinajstić information content (AvgIpc) is 2.30. The van der Waals surface area contributed by atoms with Crippen molar-refractivity contribution in [1.29, 1.82) is 0 Å². The number of aromatic hydroxyl groups is 2. The number of phenols is 2. The van der Waals surface area contributed by atoms with Gasteiger partial charge in [0.05, 0.1) is 0 Å². The average molecular weight is 228 g/mol. The zero-order valence-corrected chi connectivity index (χ0v) is 10.3. The second-order valence-electron chi connectivity index (χ2n) is 4.37. The minimum absolute atomic E-state index is 0.256. The van der Waals surface area contributed by atoms with Crippen LogP contribution in [0, 0.1) is 20.8 Å². The molecule has 0 aromatic heterocycles. The molecule has 0 fully saturated rings. The molecule has 2 aromatic carbocycles. The fourth-order valence-electron chi connectivity index (χ4n) is 2.11. The molecule has 0 amide bonds. The van der Waals surface area contributed by atoms with Crippen molar-refractivity contribution in [3.8, 4) is 22.6 Å². The molecule has 0 radical (unpaired) electrons. The van der Waals surface area contributed by atoms with Crippen molar-refractivity contribution in [2.24, 2.45) is 0 Å². The number of rotatable bonds is 1. The summed E-state index contributed by atoms with van der Waals surface area (Å²) in [6.45, 7) is 5.70. The maximum Gasteiger partial charge on any atom is 0.126 e. The van der Waals surface area contributed by atoms with E-state index in [1.54, 1.807) is 6.07 Å². The highest BCUT2D eigenvalue weighted by molar-refractivity contribution is 5.78. The summed E-state index contributed by atoms with van der Waals surface area (Å²) in [5, 5.41) is 19.9. The fourth-order valence-corrected chi connectivity index (χ4v) is 2.11. The quantitative estimate of drug-likeness (QED) is 0.781. The van der Waals surface area contributed by atoms with Gasteiger partial charge in [0, 0.05) is 5.56 Å². The van der Waals surface area contributed by atoms with Crippen LogP contribution in [-0.2, 0) is 0 Å². The van der Waals surface area contributed by atoms with Crippen molar-refractivity contribution in [3.63, 3.8) is 0 Å². The molecule has 0 aliphatic carbocycles. The zero-order valence-electron chi connectivity index (χ0n) is 10.3. The Hall–Kier alpha value is -1.96. The largest absolute Gasteiger partial charge is 0.508 e. The van der Waals surface area contributed by atoms with E-state index in [1.165, 1.54) is 0 Å². The normalized spacial score (nSPS) is 10.5. The van der Waals surface area contributed by atoms with Crippen LogP contribution in [0.25, 0.3) is 11.1 Å². The summed E-state index contributed by atoms with van der Waals surface area (Å²) < 4.78 is 0. The minimum Gasteiger partial charge on any atom is -0.508 e. The third kappa shape index (κ3) is 1.86. The molecule has 0 bridgehead atoms. The van der Waals surface area contributed by atoms with Crippen LogP contribution in [-0.4, -0.2) is 10.2 Å². The van der Waals surface area contributed by atoms with Gasteiger partial charge >= 0.3 is 0 Å². The molecule has 0 unspecified atom stereocenters. The Bertz CT molecular complexity index is 571. The molecule has 0 atom stereocenters. The van der Waals surface area contributed by atoms with E-state index in [-0.39, 0.29) is 11.5 Å². The molecule has 0 spiro atoms. The predicted molar refractivity (Wildman–Crippen MR) is 69.4 cm³/mol. The zero-order chi connectivity index (χ0) is 12.6. The minimum atomic E-state index is 0.256. The lowest BCUT2D eigenvalue weighted by molar-refractivity contribution is 0.469. The summed E-state index contributed by atoms with van der Waals surface area (Å²) in [6, 6.07) is 9.19. The predicted octanol–water partition coefficient (Wildman–Crippen LogP) is 3.69. The highest BCUT2D eigenvalue weighted by Gasteiger charge is 2.13. The van der Waals surface area contributed by atoms with Crippen LogP contribution in [0.3, 0.4) is 0 Å². The van der Waals surface area contributed by atoms with Gasteiger partial charge in [0.15, 0.2) is 0 Å². The Morgan fingerprint density at radius 3 is 2.24 bits per heavy atom. The van der Waals surface area contributed by atoms with Crippen molar-refractivity contribution in [2.45, 2.75) is 20.8 Å². The molecule has 2 aromatic rings. The molecule has 0 aliphatic rings. The molecule has 88 valence electrons. The van der Waals surface area contributed by atoms with Gasteiger partial charge in [0.2, 0.25) is 0 Å². The summed E-state index contributed by atoms with van der Waals surface area (Å²) in [5.74, 6) is 0.538. The number of hydrogen-bond donors (Lipinski definition) is 2. The van der Waals surface area contributed by atoms with Crippen LogP contribution < -0.4 is 0 Å². The molecule has 0 saturated heterocycles. The van der Waals surface area contributed by atoms with Gasteiger partial charge in [-0.1, -0.05) is 24.3 Å². The Morgan fingerprint density at radius 1 is 0.824 bits per heavy atom. The van der Waals surface area contributed by atoms with Crippen LogP contribution in [0.2, 0.25) is 0 Å². The number of hydrogen-bond acceptors (Lipinski definition) is 2. The Morgan fingerprint density at radius 2 is 1.53 bits per heavy atom. The number of para-hydroxylation sites is 1. The Labute approximate surface area is 101 Å². The van der Waals surface area contributed by atoms with Gasteiger partial charge in [0.25, 0.3) is 0 Å². The summed E-state index contributed by atoms with van der Waals surface area (Å²) in [4.78, 5) is 0. The van der Waals surface area contributed by atoms with Gasteiger partial charge in [-0.15, -0.1) is 0 Å². The Kier molecular flexibility index (Phi) is 2.80. The molecule has 0 aliphatic heterocycles. The van der Waals surface area contributed by atoms with Crippen LogP contribution in [0.5, 0.6) is 11.5 Å². The molecule has 2 nitrogen and oxygen atoms in total. The van der Waals surface area contributed by atoms with Crippen LogP contribution in [0.1, 0.15) is 16.7 Å². The van der Waals surface area contributed by atoms with E-state index < -0.39 is 0 Å². The highest BCUT2D eigenvalue weighted by Crippen LogP contribution is 2.38. The van der Waals surface area contributed by atoms with Crippen molar-refractivity contribution < 1.29 is 10.2 Å². The van der Waals surface area contributed by atoms with Crippen LogP contribution >= 0.6 is 0 Å². The second kappa shape index (κ2) is 4.13. The summed E-state index contributed by atoms with van der Waals surface area (Å²) >= 11 is 0. The van der Waals surface area contributed by atoms with Crippen molar-refractivity contribution in [2.75, 3.05) is 0 Å². The van der Waals surface area contributed by atoms with Gasteiger partial charge in [-0.3, -0.25) is 0 Å². The first-order valence-electron chi connectivity index (χ1n) is 5.60. The molecule has 2 rings (SSSR count). The van der Waals surface area contributed by atoms with E-state index in [0.29, 0.717) is 0 Å². The fraction of sp³-hybridized carbons (Fsp3) is 0.200. The van der Waals surface area contributed by atoms with Crippen molar-refractivity contribution in [1.82, 2.24) is 0 Å². The van der Waals surface area contributed by atoms with E-state index >= 15 is 0 Å². The summed E-state index contributed by atoms with van der Waals surface area (Å²) in [6.07, 6.45) is 0. The number of aryl methyl sites for hydroxylation is 2. The molecule has 0 saturated carbocycles. The first-order valence-corrected chi connectivity index (χ1v) is 5.60. The second-order valence-corrected chi connectivity index (χ2v) is 4.37. The van der Waals surface area contributed by atoms with E-state index in [0.717, 1.165) is 27.8 Å². The standard InChI is InChI=1S/C15H16O2/c1-9-7-8-13(16)11(3)14(9)12-6-4-5-10(2)15(12)17/h4-8,16-17H,1-3H3. The topological polar surface area (TPSA) is 40.5 Å². The first-order chi connectivity index (χ1) is 8.02. The lowest BCUT2D eigenvalue weighted by atomic mass is 9.93. The number of phenolic OH excluding ortho intramolecular Hbond substituents is 2. The van der Waals surface area contributed by atoms with Crippen molar-refractivity contribution in [3.05, 3.63) is 47.0 Å². The van der Waals surface area contributed by atoms with E-state index in [2.05, 4.69) is 0 Å². The number of benzene rings is 2. The maximum atomic E-state index is 10.1. The van der Waals surface area contributed by atoms with Crippen LogP contribution in [0.15, 0.2) is 30.3 Å². The molecule has 0 heterocycles. The SMILES string of the molecule is Cc1cccc(-c2c(C)ccc(O)c2C)c1O. The van der Waals surface area contributed by atoms with E-state index in [9.17, 15) is 10.2 Å². The van der Waals surface area contributed by atoms with Gasteiger partial charge < -0.3 is 10.2 Å². The van der Waals surface area contributed by atoms with Gasteiger partial charge in [-0.25, -0.2) is 0 Å². The lowest BCUT2D eigenvalue weighted by Gasteiger charge is -2.14. The van der Waals surface area contributed by atoms with Gasteiger partial charge in [-0.2, -0.15) is 0 Å². The molecule has 2 heteroatoms. The lowest BCUT2D eigenvalue weighted by Crippen LogP contribution is -1.90. The van der Waals surface area contributed by atoms with E-state index in [4.69, 9.17) is 0 Å². The summed E-state index contributed by atoms with van der Waals surface area (Å²) in [7, 11) is 0.